The van der Waals surface area contributed by atoms with Crippen molar-refractivity contribution in [3.05, 3.63) is 107 Å². The van der Waals surface area contributed by atoms with Crippen molar-refractivity contribution in [1.82, 2.24) is 9.97 Å². The highest BCUT2D eigenvalue weighted by Gasteiger charge is 2.24. The molecule has 0 saturated heterocycles. The molecule has 0 radical (unpaired) electrons. The Morgan fingerprint density at radius 1 is 0.821 bits per heavy atom. The highest BCUT2D eigenvalue weighted by atomic mass is 79.9. The first kappa shape index (κ1) is 28.1. The molecule has 0 aliphatic rings. The topological polar surface area (TPSA) is 104 Å². The van der Waals surface area contributed by atoms with Crippen LogP contribution >= 0.6 is 17.0 Å². The Morgan fingerprint density at radius 3 is 2.10 bits per heavy atom. The number of fused-ring (bicyclic) bond motifs is 1. The van der Waals surface area contributed by atoms with Gasteiger partial charge in [-0.25, -0.2) is 13.4 Å². The summed E-state index contributed by atoms with van der Waals surface area (Å²) in [6.07, 6.45) is 0. The van der Waals surface area contributed by atoms with Crippen LogP contribution in [0.1, 0.15) is 32.6 Å². The molecule has 4 aromatic carbocycles. The summed E-state index contributed by atoms with van der Waals surface area (Å²) in [6.45, 7) is 7.37. The van der Waals surface area contributed by atoms with Crippen molar-refractivity contribution in [1.29, 1.82) is 0 Å². The second-order valence-electron chi connectivity index (χ2n) is 9.37. The molecule has 1 heterocycles. The van der Waals surface area contributed by atoms with Crippen LogP contribution in [-0.2, 0) is 10.0 Å². The molecule has 5 rings (SSSR count). The number of anilines is 2. The SMILES string of the molecule is Br.Cc1cc(C)c(C)c(S(=O)(=O)Nc2ccccc2C(=O)Nc2ccc(-c3nc4ccccc4[nH]3)cc2)c1C. The van der Waals surface area contributed by atoms with E-state index in [0.717, 1.165) is 33.5 Å². The first-order chi connectivity index (χ1) is 18.1. The van der Waals surface area contributed by atoms with Gasteiger partial charge in [0, 0.05) is 11.3 Å². The molecule has 7 nitrogen and oxygen atoms in total. The van der Waals surface area contributed by atoms with Crippen LogP contribution in [0.2, 0.25) is 0 Å². The Kier molecular flexibility index (Phi) is 7.94. The van der Waals surface area contributed by atoms with Gasteiger partial charge in [-0.05, 0) is 98.5 Å². The van der Waals surface area contributed by atoms with Gasteiger partial charge in [0.1, 0.15) is 5.82 Å². The number of hydrogen-bond acceptors (Lipinski definition) is 4. The molecule has 39 heavy (non-hydrogen) atoms. The number of hydrogen-bond donors (Lipinski definition) is 3. The molecule has 0 atom stereocenters. The zero-order valence-electron chi connectivity index (χ0n) is 22.0. The highest BCUT2D eigenvalue weighted by Crippen LogP contribution is 2.29. The zero-order valence-corrected chi connectivity index (χ0v) is 24.5. The standard InChI is InChI=1S/C30H28N4O3S.BrH/c1-18-17-19(2)21(4)28(20(18)3)38(36,37)34-25-10-6-5-9-24(25)30(35)31-23-15-13-22(14-16-23)29-32-26-11-7-8-12-27(26)33-29;/h5-17,34H,1-4H3,(H,31,35)(H,32,33);1H. The Bertz CT molecular complexity index is 1740. The van der Waals surface area contributed by atoms with E-state index in [4.69, 9.17) is 0 Å². The second-order valence-corrected chi connectivity index (χ2v) is 11.0. The van der Waals surface area contributed by atoms with E-state index in [0.29, 0.717) is 16.8 Å². The summed E-state index contributed by atoms with van der Waals surface area (Å²) < 4.78 is 29.6. The molecule has 3 N–H and O–H groups in total. The zero-order chi connectivity index (χ0) is 27.0. The lowest BCUT2D eigenvalue weighted by Gasteiger charge is -2.18. The minimum atomic E-state index is -3.94. The lowest BCUT2D eigenvalue weighted by molar-refractivity contribution is 0.102. The van der Waals surface area contributed by atoms with E-state index in [1.807, 2.05) is 56.3 Å². The quantitative estimate of drug-likeness (QED) is 0.192. The first-order valence-corrected chi connectivity index (χ1v) is 13.7. The van der Waals surface area contributed by atoms with E-state index >= 15 is 0 Å². The molecule has 0 bridgehead atoms. The van der Waals surface area contributed by atoms with E-state index < -0.39 is 15.9 Å². The number of imidazole rings is 1. The molecule has 0 unspecified atom stereocenters. The molecule has 9 heteroatoms. The van der Waals surface area contributed by atoms with Crippen molar-refractivity contribution in [2.45, 2.75) is 32.6 Å². The average molecular weight is 606 g/mol. The number of sulfonamides is 1. The smallest absolute Gasteiger partial charge is 0.262 e. The van der Waals surface area contributed by atoms with Gasteiger partial charge in [0.25, 0.3) is 15.9 Å². The third-order valence-electron chi connectivity index (χ3n) is 6.79. The number of carbonyl (C=O) groups is 1. The van der Waals surface area contributed by atoms with Gasteiger partial charge in [-0.2, -0.15) is 0 Å². The number of benzene rings is 4. The molecule has 5 aromatic rings. The molecule has 0 saturated carbocycles. The van der Waals surface area contributed by atoms with E-state index in [1.54, 1.807) is 50.2 Å². The van der Waals surface area contributed by atoms with E-state index in [9.17, 15) is 13.2 Å². The number of carbonyl (C=O) groups excluding carboxylic acids is 1. The van der Waals surface area contributed by atoms with Crippen LogP contribution in [0.5, 0.6) is 0 Å². The molecule has 1 amide bonds. The van der Waals surface area contributed by atoms with Crippen LogP contribution in [0.25, 0.3) is 22.4 Å². The molecular weight excluding hydrogens is 576 g/mol. The summed E-state index contributed by atoms with van der Waals surface area (Å²) in [5, 5.41) is 2.87. The van der Waals surface area contributed by atoms with Crippen molar-refractivity contribution in [3.63, 3.8) is 0 Å². The van der Waals surface area contributed by atoms with Crippen LogP contribution in [0.15, 0.2) is 83.8 Å². The predicted octanol–water partition coefficient (Wildman–Crippen LogP) is 7.09. The van der Waals surface area contributed by atoms with Gasteiger partial charge in [-0.15, -0.1) is 17.0 Å². The van der Waals surface area contributed by atoms with E-state index in [-0.39, 0.29) is 33.1 Å². The normalized spacial score (nSPS) is 11.2. The number of aromatic nitrogens is 2. The summed E-state index contributed by atoms with van der Waals surface area (Å²) in [5.41, 5.74) is 6.88. The monoisotopic (exact) mass is 604 g/mol. The van der Waals surface area contributed by atoms with Gasteiger partial charge in [0.05, 0.1) is 27.2 Å². The first-order valence-electron chi connectivity index (χ1n) is 12.2. The van der Waals surface area contributed by atoms with Crippen LogP contribution < -0.4 is 10.0 Å². The summed E-state index contributed by atoms with van der Waals surface area (Å²) in [6, 6.07) is 23.7. The minimum absolute atomic E-state index is 0. The molecule has 0 aliphatic carbocycles. The molecule has 0 fully saturated rings. The Labute approximate surface area is 238 Å². The molecule has 1 aromatic heterocycles. The fraction of sp³-hybridized carbons (Fsp3) is 0.133. The number of nitrogens with one attached hydrogen (secondary N) is 3. The maximum absolute atomic E-state index is 13.5. The summed E-state index contributed by atoms with van der Waals surface area (Å²) in [5.74, 6) is 0.314. The highest BCUT2D eigenvalue weighted by molar-refractivity contribution is 8.93. The summed E-state index contributed by atoms with van der Waals surface area (Å²) in [7, 11) is -3.94. The van der Waals surface area contributed by atoms with E-state index in [1.165, 1.54) is 0 Å². The van der Waals surface area contributed by atoms with E-state index in [2.05, 4.69) is 20.0 Å². The van der Waals surface area contributed by atoms with Crippen LogP contribution in [0.4, 0.5) is 11.4 Å². The maximum atomic E-state index is 13.5. The van der Waals surface area contributed by atoms with Gasteiger partial charge in [-0.1, -0.05) is 30.3 Å². The molecule has 0 aliphatic heterocycles. The Hall–Kier alpha value is -3.95. The van der Waals surface area contributed by atoms with Crippen molar-refractivity contribution < 1.29 is 13.2 Å². The number of halogens is 1. The average Bonchev–Trinajstić information content (AvgIpc) is 3.32. The van der Waals surface area contributed by atoms with Gasteiger partial charge in [-0.3, -0.25) is 9.52 Å². The summed E-state index contributed by atoms with van der Waals surface area (Å²) >= 11 is 0. The molecule has 0 spiro atoms. The number of amides is 1. The second kappa shape index (κ2) is 11.0. The number of aryl methyl sites for hydroxylation is 2. The molecule has 200 valence electrons. The fourth-order valence-electron chi connectivity index (χ4n) is 4.55. The van der Waals surface area contributed by atoms with Gasteiger partial charge in [0.15, 0.2) is 0 Å². The van der Waals surface area contributed by atoms with Crippen molar-refractivity contribution in [2.75, 3.05) is 10.0 Å². The number of nitrogens with zero attached hydrogens (tertiary/aromatic N) is 1. The maximum Gasteiger partial charge on any atom is 0.262 e. The lowest BCUT2D eigenvalue weighted by atomic mass is 10.0. The third kappa shape index (κ3) is 5.60. The minimum Gasteiger partial charge on any atom is -0.338 e. The van der Waals surface area contributed by atoms with Gasteiger partial charge >= 0.3 is 0 Å². The van der Waals surface area contributed by atoms with Gasteiger partial charge in [0.2, 0.25) is 0 Å². The predicted molar refractivity (Wildman–Crippen MR) is 162 cm³/mol. The number of H-pyrrole nitrogens is 1. The van der Waals surface area contributed by atoms with Crippen molar-refractivity contribution >= 4 is 55.3 Å². The van der Waals surface area contributed by atoms with Gasteiger partial charge < -0.3 is 10.3 Å². The summed E-state index contributed by atoms with van der Waals surface area (Å²) in [4.78, 5) is 21.3. The van der Waals surface area contributed by atoms with Crippen LogP contribution in [-0.4, -0.2) is 24.3 Å². The van der Waals surface area contributed by atoms with Crippen molar-refractivity contribution in [3.8, 4) is 11.4 Å². The number of para-hydroxylation sites is 3. The molecular formula is C30H29BrN4O3S. The largest absolute Gasteiger partial charge is 0.338 e. The number of aromatic amines is 1. The van der Waals surface area contributed by atoms with Crippen LogP contribution in [0, 0.1) is 27.7 Å². The Morgan fingerprint density at radius 2 is 1.44 bits per heavy atom. The van der Waals surface area contributed by atoms with Crippen LogP contribution in [0.3, 0.4) is 0 Å². The number of rotatable bonds is 6. The fourth-order valence-corrected chi connectivity index (χ4v) is 6.25. The third-order valence-corrected chi connectivity index (χ3v) is 8.43. The lowest BCUT2D eigenvalue weighted by Crippen LogP contribution is -2.20. The Balaban J connectivity index is 0.00000353. The van der Waals surface area contributed by atoms with Crippen molar-refractivity contribution in [2.24, 2.45) is 0 Å².